The van der Waals surface area contributed by atoms with Crippen molar-refractivity contribution in [3.63, 3.8) is 0 Å². The first-order valence-corrected chi connectivity index (χ1v) is 8.40. The molecule has 0 atom stereocenters. The minimum atomic E-state index is 0.753. The fourth-order valence-electron chi connectivity index (χ4n) is 1.81. The molecule has 0 amide bonds. The Morgan fingerprint density at radius 1 is 0.737 bits per heavy atom. The molecular weight excluding hydrogens is 507 g/mol. The van der Waals surface area contributed by atoms with Crippen molar-refractivity contribution < 1.29 is 0.910 Å². The lowest BCUT2D eigenvalue weighted by molar-refractivity contribution is -0.588. The summed E-state index contributed by atoms with van der Waals surface area (Å²) in [5, 5.41) is 1.63. The summed E-state index contributed by atoms with van der Waals surface area (Å²) in [6, 6.07) is 15.9. The van der Waals surface area contributed by atoms with Gasteiger partial charge in [-0.05, 0) is 12.1 Å². The average molecular weight is 519 g/mol. The second-order valence-corrected chi connectivity index (χ2v) is 10.6. The van der Waals surface area contributed by atoms with Crippen molar-refractivity contribution in [3.8, 4) is 0 Å². The third kappa shape index (κ3) is 4.74. The predicted octanol–water partition coefficient (Wildman–Crippen LogP) is 6.21. The number of quaternary nitrogens is 1. The van der Waals surface area contributed by atoms with Crippen LogP contribution in [0.25, 0.3) is 0 Å². The Morgan fingerprint density at radius 2 is 1.11 bits per heavy atom. The highest BCUT2D eigenvalue weighted by molar-refractivity contribution is 14.2. The van der Waals surface area contributed by atoms with Crippen LogP contribution in [0.4, 0.5) is 0 Å². The molecule has 0 fully saturated rings. The molecule has 2 aromatic rings. The minimum absolute atomic E-state index is 0.753. The van der Waals surface area contributed by atoms with Gasteiger partial charge in [-0.25, -0.2) is 0.910 Å². The molecule has 0 N–H and O–H groups in total. The SMILES string of the molecule is Clc1ccccc1C[N+](I)(I)Cc1ccccc1Cl. The zero-order valence-corrected chi connectivity index (χ0v) is 15.8. The zero-order valence-electron chi connectivity index (χ0n) is 9.99. The molecule has 0 bridgehead atoms. The molecule has 0 aliphatic heterocycles. The maximum Gasteiger partial charge on any atom is 0.258 e. The van der Waals surface area contributed by atoms with Gasteiger partial charge in [-0.15, -0.1) is 0 Å². The second-order valence-electron chi connectivity index (χ2n) is 4.26. The maximum absolute atomic E-state index is 6.22. The Hall–Kier alpha value is 0.440. The first-order chi connectivity index (χ1) is 8.98. The van der Waals surface area contributed by atoms with E-state index in [0.29, 0.717) is 0 Å². The van der Waals surface area contributed by atoms with Gasteiger partial charge in [0.15, 0.2) is 0 Å². The van der Waals surface area contributed by atoms with Crippen LogP contribution in [-0.4, -0.2) is 0.910 Å². The van der Waals surface area contributed by atoms with Gasteiger partial charge in [0.1, 0.15) is 13.1 Å². The minimum Gasteiger partial charge on any atom is -0.204 e. The fourth-order valence-corrected chi connectivity index (χ4v) is 3.67. The lowest BCUT2D eigenvalue weighted by Crippen LogP contribution is -2.24. The molecule has 0 radical (unpaired) electrons. The van der Waals surface area contributed by atoms with Crippen molar-refractivity contribution in [2.45, 2.75) is 13.1 Å². The first-order valence-electron chi connectivity index (χ1n) is 5.71. The number of rotatable bonds is 4. The second kappa shape index (κ2) is 6.93. The van der Waals surface area contributed by atoms with Crippen LogP contribution in [0.5, 0.6) is 0 Å². The van der Waals surface area contributed by atoms with E-state index >= 15 is 0 Å². The zero-order chi connectivity index (χ0) is 13.9. The summed E-state index contributed by atoms with van der Waals surface area (Å²) in [6.45, 7) is 1.71. The van der Waals surface area contributed by atoms with E-state index in [4.69, 9.17) is 23.2 Å². The van der Waals surface area contributed by atoms with E-state index in [1.807, 2.05) is 36.4 Å². The summed E-state index contributed by atoms with van der Waals surface area (Å²) in [6.07, 6.45) is 0. The van der Waals surface area contributed by atoms with E-state index in [0.717, 1.165) is 35.2 Å². The Kier molecular flexibility index (Phi) is 5.77. The lowest BCUT2D eigenvalue weighted by atomic mass is 10.2. The van der Waals surface area contributed by atoms with Gasteiger partial charge in [0.05, 0.1) is 0 Å². The van der Waals surface area contributed by atoms with Gasteiger partial charge in [-0.2, -0.15) is 0 Å². The Morgan fingerprint density at radius 3 is 1.47 bits per heavy atom. The summed E-state index contributed by atoms with van der Waals surface area (Å²) in [7, 11) is 0. The molecule has 0 unspecified atom stereocenters. The first kappa shape index (κ1) is 15.8. The predicted molar refractivity (Wildman–Crippen MR) is 98.6 cm³/mol. The quantitative estimate of drug-likeness (QED) is 0.333. The lowest BCUT2D eigenvalue weighted by Gasteiger charge is -2.23. The van der Waals surface area contributed by atoms with Crippen molar-refractivity contribution in [3.05, 3.63) is 69.7 Å². The summed E-state index contributed by atoms with van der Waals surface area (Å²) in [5.74, 6) is 0. The smallest absolute Gasteiger partial charge is 0.204 e. The van der Waals surface area contributed by atoms with E-state index < -0.39 is 0 Å². The topological polar surface area (TPSA) is 0 Å². The van der Waals surface area contributed by atoms with Gasteiger partial charge in [-0.3, -0.25) is 0 Å². The molecule has 0 saturated heterocycles. The normalized spacial score (nSPS) is 11.6. The van der Waals surface area contributed by atoms with Crippen LogP contribution in [0.3, 0.4) is 0 Å². The van der Waals surface area contributed by atoms with Gasteiger partial charge >= 0.3 is 0 Å². The molecule has 0 aromatic heterocycles. The highest BCUT2D eigenvalue weighted by Crippen LogP contribution is 2.35. The number of nitrogens with zero attached hydrogens (tertiary/aromatic N) is 1. The number of halogens is 4. The molecule has 1 nitrogen and oxygen atoms in total. The van der Waals surface area contributed by atoms with Crippen molar-refractivity contribution in [2.24, 2.45) is 0 Å². The molecule has 0 spiro atoms. The number of hydrogen-bond donors (Lipinski definition) is 0. The van der Waals surface area contributed by atoms with Crippen molar-refractivity contribution >= 4 is 68.9 Å². The van der Waals surface area contributed by atoms with Crippen LogP contribution < -0.4 is 0 Å². The standard InChI is InChI=1S/C14H12Cl2I2N/c15-13-7-3-1-5-11(13)9-19(17,18)10-12-6-2-4-8-14(12)16/h1-8H,9-10H2/q+1. The molecule has 0 saturated carbocycles. The Balaban J connectivity index is 2.15. The van der Waals surface area contributed by atoms with Gasteiger partial charge < -0.3 is 0 Å². The third-order valence-corrected chi connectivity index (χ3v) is 4.82. The van der Waals surface area contributed by atoms with Crippen LogP contribution in [0.2, 0.25) is 10.0 Å². The van der Waals surface area contributed by atoms with Gasteiger partial charge in [0.25, 0.3) is 45.7 Å². The van der Waals surface area contributed by atoms with Crippen LogP contribution >= 0.6 is 68.9 Å². The number of hydrogen-bond acceptors (Lipinski definition) is 0. The van der Waals surface area contributed by atoms with Crippen LogP contribution in [0.1, 0.15) is 11.1 Å². The van der Waals surface area contributed by atoms with E-state index in [-0.39, 0.29) is 0 Å². The molecule has 19 heavy (non-hydrogen) atoms. The van der Waals surface area contributed by atoms with Crippen LogP contribution in [-0.2, 0) is 13.1 Å². The summed E-state index contributed by atoms with van der Waals surface area (Å²) >= 11 is 17.3. The Bertz CT molecular complexity index is 523. The van der Waals surface area contributed by atoms with Crippen LogP contribution in [0, 0.1) is 0 Å². The molecule has 0 aliphatic rings. The van der Waals surface area contributed by atoms with Gasteiger partial charge in [-0.1, -0.05) is 59.6 Å². The van der Waals surface area contributed by atoms with Gasteiger partial charge in [0.2, 0.25) is 0 Å². The van der Waals surface area contributed by atoms with Crippen molar-refractivity contribution in [1.82, 2.24) is 0 Å². The molecule has 0 heterocycles. The molecule has 0 aliphatic carbocycles. The molecule has 100 valence electrons. The number of benzene rings is 2. The largest absolute Gasteiger partial charge is 0.258 e. The Labute approximate surface area is 151 Å². The molecule has 2 aromatic carbocycles. The van der Waals surface area contributed by atoms with Crippen molar-refractivity contribution in [1.29, 1.82) is 0 Å². The highest BCUT2D eigenvalue weighted by atomic mass is 127. The summed E-state index contributed by atoms with van der Waals surface area (Å²) in [5.41, 5.74) is 2.31. The fraction of sp³-hybridized carbons (Fsp3) is 0.143. The monoisotopic (exact) mass is 518 g/mol. The molecule has 5 heteroatoms. The highest BCUT2D eigenvalue weighted by Gasteiger charge is 2.25. The van der Waals surface area contributed by atoms with E-state index in [1.165, 1.54) is 0 Å². The molecule has 2 rings (SSSR count). The maximum atomic E-state index is 6.22. The van der Waals surface area contributed by atoms with Crippen LogP contribution in [0.15, 0.2) is 48.5 Å². The molecular formula is C14H12Cl2I2N+. The summed E-state index contributed by atoms with van der Waals surface area (Å²) < 4.78 is 0.753. The average Bonchev–Trinajstić information content (AvgIpc) is 2.35. The van der Waals surface area contributed by atoms with E-state index in [9.17, 15) is 0 Å². The van der Waals surface area contributed by atoms with Gasteiger partial charge in [0, 0.05) is 21.2 Å². The van der Waals surface area contributed by atoms with E-state index in [2.05, 4.69) is 57.9 Å². The third-order valence-electron chi connectivity index (χ3n) is 2.72. The summed E-state index contributed by atoms with van der Waals surface area (Å²) in [4.78, 5) is 0. The van der Waals surface area contributed by atoms with Crippen molar-refractivity contribution in [2.75, 3.05) is 0 Å². The van der Waals surface area contributed by atoms with E-state index in [1.54, 1.807) is 0 Å².